The van der Waals surface area contributed by atoms with Gasteiger partial charge in [-0.3, -0.25) is 10.1 Å². The molecule has 1 heterocycles. The average Bonchev–Trinajstić information content (AvgIpc) is 2.32. The normalized spacial score (nSPS) is 10.2. The highest BCUT2D eigenvalue weighted by atomic mass is 16.6. The lowest BCUT2D eigenvalue weighted by Crippen LogP contribution is -2.06. The Hall–Kier alpha value is -1.43. The van der Waals surface area contributed by atoms with E-state index in [4.69, 9.17) is 4.52 Å². The minimum Gasteiger partial charge on any atom is -0.352 e. The monoisotopic (exact) mass is 171 g/mol. The highest BCUT2D eigenvalue weighted by Crippen LogP contribution is 2.21. The van der Waals surface area contributed by atoms with Crippen molar-refractivity contribution in [3.05, 3.63) is 21.6 Å². The maximum Gasteiger partial charge on any atom is 0.335 e. The van der Waals surface area contributed by atoms with E-state index < -0.39 is 4.92 Å². The van der Waals surface area contributed by atoms with Crippen LogP contribution in [0.3, 0.4) is 0 Å². The summed E-state index contributed by atoms with van der Waals surface area (Å²) < 4.78 is 4.74. The topological polar surface area (TPSA) is 81.2 Å². The molecule has 6 heteroatoms. The van der Waals surface area contributed by atoms with E-state index in [0.717, 1.165) is 0 Å². The zero-order valence-corrected chi connectivity index (χ0v) is 6.83. The van der Waals surface area contributed by atoms with Crippen molar-refractivity contribution in [2.45, 2.75) is 13.5 Å². The first-order chi connectivity index (χ1) is 5.66. The van der Waals surface area contributed by atoms with Crippen LogP contribution in [0.1, 0.15) is 11.5 Å². The maximum absolute atomic E-state index is 10.5. The number of nitrogens with one attached hydrogen (secondary N) is 1. The number of nitro groups is 1. The van der Waals surface area contributed by atoms with E-state index in [2.05, 4.69) is 10.5 Å². The van der Waals surface area contributed by atoms with Gasteiger partial charge in [-0.15, -0.1) is 0 Å². The third-order valence-electron chi connectivity index (χ3n) is 1.42. The molecule has 0 aliphatic heterocycles. The van der Waals surface area contributed by atoms with Crippen LogP contribution >= 0.6 is 0 Å². The van der Waals surface area contributed by atoms with E-state index in [1.807, 2.05) is 0 Å². The summed E-state index contributed by atoms with van der Waals surface area (Å²) in [7, 11) is 1.68. The molecule has 0 saturated heterocycles. The van der Waals surface area contributed by atoms with Gasteiger partial charge in [0.1, 0.15) is 0 Å². The summed E-state index contributed by atoms with van der Waals surface area (Å²) in [4.78, 5) is 9.97. The maximum atomic E-state index is 10.5. The lowest BCUT2D eigenvalue weighted by Gasteiger charge is -1.91. The van der Waals surface area contributed by atoms with Crippen LogP contribution < -0.4 is 5.32 Å². The second kappa shape index (κ2) is 3.31. The van der Waals surface area contributed by atoms with Crippen molar-refractivity contribution in [1.29, 1.82) is 0 Å². The van der Waals surface area contributed by atoms with E-state index in [0.29, 0.717) is 12.2 Å². The summed E-state index contributed by atoms with van der Waals surface area (Å²) in [5, 5.41) is 16.7. The molecule has 0 unspecified atom stereocenters. The van der Waals surface area contributed by atoms with Gasteiger partial charge >= 0.3 is 5.69 Å². The molecule has 1 aromatic heterocycles. The molecule has 12 heavy (non-hydrogen) atoms. The average molecular weight is 171 g/mol. The predicted molar refractivity (Wildman–Crippen MR) is 40.7 cm³/mol. The zero-order valence-electron chi connectivity index (χ0n) is 6.83. The minimum atomic E-state index is -0.488. The van der Waals surface area contributed by atoms with Crippen molar-refractivity contribution < 1.29 is 9.45 Å². The van der Waals surface area contributed by atoms with Crippen molar-refractivity contribution in [3.8, 4) is 0 Å². The lowest BCUT2D eigenvalue weighted by molar-refractivity contribution is -0.386. The second-order valence-corrected chi connectivity index (χ2v) is 2.33. The van der Waals surface area contributed by atoms with Gasteiger partial charge in [0.25, 0.3) is 0 Å². The summed E-state index contributed by atoms with van der Waals surface area (Å²) in [6.45, 7) is 1.86. The summed E-state index contributed by atoms with van der Waals surface area (Å²) in [5.74, 6) is 0.264. The van der Waals surface area contributed by atoms with Crippen LogP contribution in [0.15, 0.2) is 4.52 Å². The Kier molecular flexibility index (Phi) is 2.39. The van der Waals surface area contributed by atoms with Gasteiger partial charge in [0.15, 0.2) is 5.69 Å². The Labute approximate surface area is 68.7 Å². The first-order valence-electron chi connectivity index (χ1n) is 3.41. The number of nitrogens with zero attached hydrogens (tertiary/aromatic N) is 2. The molecule has 0 aliphatic carbocycles. The molecule has 0 aromatic carbocycles. The van der Waals surface area contributed by atoms with Crippen LogP contribution in [-0.2, 0) is 6.54 Å². The largest absolute Gasteiger partial charge is 0.352 e. The molecule has 0 bridgehead atoms. The molecule has 6 nitrogen and oxygen atoms in total. The molecule has 1 N–H and O–H groups in total. The second-order valence-electron chi connectivity index (χ2n) is 2.33. The Morgan fingerprint density at radius 2 is 2.42 bits per heavy atom. The highest BCUT2D eigenvalue weighted by molar-refractivity contribution is 5.37. The van der Waals surface area contributed by atoms with E-state index >= 15 is 0 Å². The molecule has 0 aliphatic rings. The molecule has 1 aromatic rings. The SMILES string of the molecule is CNCc1onc(C)c1[N+](=O)[O-]. The Morgan fingerprint density at radius 1 is 1.75 bits per heavy atom. The summed E-state index contributed by atoms with van der Waals surface area (Å²) in [5.41, 5.74) is 0.273. The van der Waals surface area contributed by atoms with Crippen LogP contribution in [0, 0.1) is 17.0 Å². The summed E-state index contributed by atoms with van der Waals surface area (Å²) in [6.07, 6.45) is 0. The van der Waals surface area contributed by atoms with Crippen LogP contribution in [0.4, 0.5) is 5.69 Å². The Balaban J connectivity index is 3.04. The lowest BCUT2D eigenvalue weighted by atomic mass is 10.3. The molecule has 0 spiro atoms. The van der Waals surface area contributed by atoms with Crippen molar-refractivity contribution in [1.82, 2.24) is 10.5 Å². The van der Waals surface area contributed by atoms with Crippen LogP contribution in [0.5, 0.6) is 0 Å². The van der Waals surface area contributed by atoms with Gasteiger partial charge in [0, 0.05) is 0 Å². The van der Waals surface area contributed by atoms with E-state index in [1.54, 1.807) is 14.0 Å². The summed E-state index contributed by atoms with van der Waals surface area (Å²) >= 11 is 0. The number of hydrogen-bond acceptors (Lipinski definition) is 5. The van der Waals surface area contributed by atoms with Crippen molar-refractivity contribution in [3.63, 3.8) is 0 Å². The Bertz CT molecular complexity index is 294. The standard InChI is InChI=1S/C6H9N3O3/c1-4-6(9(10)11)5(3-7-2)12-8-4/h7H,3H2,1-2H3. The molecule has 0 saturated carbocycles. The van der Waals surface area contributed by atoms with Gasteiger partial charge in [0.2, 0.25) is 5.76 Å². The molecular weight excluding hydrogens is 162 g/mol. The van der Waals surface area contributed by atoms with Gasteiger partial charge < -0.3 is 9.84 Å². The van der Waals surface area contributed by atoms with Crippen molar-refractivity contribution in [2.75, 3.05) is 7.05 Å². The summed E-state index contributed by atoms with van der Waals surface area (Å²) in [6, 6.07) is 0. The first kappa shape index (κ1) is 8.66. The predicted octanol–water partition coefficient (Wildman–Crippen LogP) is 0.611. The van der Waals surface area contributed by atoms with E-state index in [1.165, 1.54) is 0 Å². The quantitative estimate of drug-likeness (QED) is 0.532. The molecule has 0 fully saturated rings. The van der Waals surface area contributed by atoms with Crippen molar-refractivity contribution >= 4 is 5.69 Å². The van der Waals surface area contributed by atoms with Crippen LogP contribution in [0.2, 0.25) is 0 Å². The zero-order chi connectivity index (χ0) is 9.14. The van der Waals surface area contributed by atoms with Gasteiger partial charge in [-0.1, -0.05) is 5.16 Å². The van der Waals surface area contributed by atoms with Gasteiger partial charge in [-0.05, 0) is 14.0 Å². The van der Waals surface area contributed by atoms with Gasteiger partial charge in [-0.25, -0.2) is 0 Å². The van der Waals surface area contributed by atoms with E-state index in [-0.39, 0.29) is 11.4 Å². The van der Waals surface area contributed by atoms with Gasteiger partial charge in [-0.2, -0.15) is 0 Å². The fourth-order valence-electron chi connectivity index (χ4n) is 0.922. The third-order valence-corrected chi connectivity index (χ3v) is 1.42. The van der Waals surface area contributed by atoms with Crippen LogP contribution in [0.25, 0.3) is 0 Å². The molecule has 0 atom stereocenters. The molecule has 0 amide bonds. The highest BCUT2D eigenvalue weighted by Gasteiger charge is 2.22. The smallest absolute Gasteiger partial charge is 0.335 e. The number of hydrogen-bond donors (Lipinski definition) is 1. The first-order valence-corrected chi connectivity index (χ1v) is 3.41. The fraction of sp³-hybridized carbons (Fsp3) is 0.500. The minimum absolute atomic E-state index is 0.0376. The fourth-order valence-corrected chi connectivity index (χ4v) is 0.922. The van der Waals surface area contributed by atoms with Crippen LogP contribution in [-0.4, -0.2) is 17.1 Å². The van der Waals surface area contributed by atoms with E-state index in [9.17, 15) is 10.1 Å². The third kappa shape index (κ3) is 1.42. The number of aromatic nitrogens is 1. The molecule has 66 valence electrons. The number of rotatable bonds is 3. The number of aryl methyl sites for hydroxylation is 1. The van der Waals surface area contributed by atoms with Gasteiger partial charge in [0.05, 0.1) is 11.5 Å². The van der Waals surface area contributed by atoms with Crippen molar-refractivity contribution in [2.24, 2.45) is 0 Å². The Morgan fingerprint density at radius 3 is 2.92 bits per heavy atom. The molecular formula is C6H9N3O3. The molecule has 0 radical (unpaired) electrons. The molecule has 1 rings (SSSR count).